The summed E-state index contributed by atoms with van der Waals surface area (Å²) in [6.07, 6.45) is 7.95. The van der Waals surface area contributed by atoms with Crippen molar-refractivity contribution in [1.29, 1.82) is 0 Å². The molecule has 4 rings (SSSR count). The molecule has 4 fully saturated rings. The zero-order valence-corrected chi connectivity index (χ0v) is 14.7. The van der Waals surface area contributed by atoms with Crippen molar-refractivity contribution in [3.8, 4) is 0 Å². The van der Waals surface area contributed by atoms with Crippen molar-refractivity contribution in [1.82, 2.24) is 0 Å². The molecule has 0 aromatic heterocycles. The van der Waals surface area contributed by atoms with E-state index in [1.165, 1.54) is 25.7 Å². The van der Waals surface area contributed by atoms with Crippen molar-refractivity contribution < 1.29 is 9.53 Å². The molecule has 2 nitrogen and oxygen atoms in total. The van der Waals surface area contributed by atoms with Crippen LogP contribution in [0.2, 0.25) is 0 Å². The molecule has 0 amide bonds. The smallest absolute Gasteiger partial charge is 0.309 e. The molecule has 0 saturated heterocycles. The Morgan fingerprint density at radius 2 is 1.77 bits per heavy atom. The molecule has 0 N–H and O–H groups in total. The van der Waals surface area contributed by atoms with Crippen LogP contribution in [0, 0.1) is 47.3 Å². The Labute approximate surface area is 135 Å². The first-order valence-corrected chi connectivity index (χ1v) is 9.69. The SMILES string of the molecule is CCC1(OC(=O)C(C)C(C)C)CC2CC1C1C3CCC(C3)C21. The van der Waals surface area contributed by atoms with Gasteiger partial charge in [0.05, 0.1) is 5.92 Å². The molecule has 4 aliphatic rings. The van der Waals surface area contributed by atoms with Crippen molar-refractivity contribution in [2.24, 2.45) is 47.3 Å². The van der Waals surface area contributed by atoms with E-state index in [4.69, 9.17) is 4.74 Å². The van der Waals surface area contributed by atoms with Crippen LogP contribution in [0.4, 0.5) is 0 Å². The summed E-state index contributed by atoms with van der Waals surface area (Å²) in [6.45, 7) is 8.52. The normalized spacial score (nSPS) is 49.7. The van der Waals surface area contributed by atoms with Gasteiger partial charge in [0, 0.05) is 5.92 Å². The molecule has 8 atom stereocenters. The number of hydrogen-bond donors (Lipinski definition) is 0. The average molecular weight is 304 g/mol. The van der Waals surface area contributed by atoms with Crippen LogP contribution in [0.15, 0.2) is 0 Å². The van der Waals surface area contributed by atoms with Crippen LogP contribution < -0.4 is 0 Å². The second-order valence-corrected chi connectivity index (χ2v) is 9.17. The van der Waals surface area contributed by atoms with Crippen LogP contribution in [-0.4, -0.2) is 11.6 Å². The summed E-state index contributed by atoms with van der Waals surface area (Å²) in [4.78, 5) is 12.6. The summed E-state index contributed by atoms with van der Waals surface area (Å²) in [5, 5.41) is 0. The third-order valence-electron chi connectivity index (χ3n) is 8.17. The van der Waals surface area contributed by atoms with Gasteiger partial charge < -0.3 is 4.74 Å². The fourth-order valence-corrected chi connectivity index (χ4v) is 6.86. The first-order chi connectivity index (χ1) is 10.5. The van der Waals surface area contributed by atoms with E-state index in [1.807, 2.05) is 6.92 Å². The van der Waals surface area contributed by atoms with Gasteiger partial charge in [0.2, 0.25) is 0 Å². The van der Waals surface area contributed by atoms with Gasteiger partial charge in [0.1, 0.15) is 5.60 Å². The van der Waals surface area contributed by atoms with Gasteiger partial charge in [-0.15, -0.1) is 0 Å². The van der Waals surface area contributed by atoms with Crippen LogP contribution in [0.3, 0.4) is 0 Å². The molecule has 0 aliphatic heterocycles. The number of esters is 1. The number of hydrogen-bond acceptors (Lipinski definition) is 2. The first-order valence-electron chi connectivity index (χ1n) is 9.69. The van der Waals surface area contributed by atoms with E-state index < -0.39 is 0 Å². The van der Waals surface area contributed by atoms with E-state index in [0.717, 1.165) is 42.4 Å². The van der Waals surface area contributed by atoms with Gasteiger partial charge in [-0.1, -0.05) is 27.7 Å². The lowest BCUT2D eigenvalue weighted by Crippen LogP contribution is -2.48. The monoisotopic (exact) mass is 304 g/mol. The zero-order valence-electron chi connectivity index (χ0n) is 14.7. The molecule has 0 spiro atoms. The number of carbonyl (C=O) groups is 1. The lowest BCUT2D eigenvalue weighted by Gasteiger charge is -2.46. The highest BCUT2D eigenvalue weighted by Gasteiger charge is 2.67. The Kier molecular flexibility index (Phi) is 3.40. The maximum atomic E-state index is 12.6. The Morgan fingerprint density at radius 1 is 1.09 bits per heavy atom. The van der Waals surface area contributed by atoms with Gasteiger partial charge in [-0.25, -0.2) is 0 Å². The van der Waals surface area contributed by atoms with Crippen LogP contribution in [0.5, 0.6) is 0 Å². The van der Waals surface area contributed by atoms with E-state index in [1.54, 1.807) is 0 Å². The van der Waals surface area contributed by atoms with Gasteiger partial charge >= 0.3 is 5.97 Å². The Morgan fingerprint density at radius 3 is 2.41 bits per heavy atom. The van der Waals surface area contributed by atoms with Crippen LogP contribution >= 0.6 is 0 Å². The fraction of sp³-hybridized carbons (Fsp3) is 0.950. The quantitative estimate of drug-likeness (QED) is 0.557. The predicted octanol–water partition coefficient (Wildman–Crippen LogP) is 4.67. The van der Waals surface area contributed by atoms with E-state index in [0.29, 0.717) is 11.8 Å². The zero-order chi connectivity index (χ0) is 15.6. The summed E-state index contributed by atoms with van der Waals surface area (Å²) >= 11 is 0. The van der Waals surface area contributed by atoms with Crippen LogP contribution in [0.1, 0.15) is 66.2 Å². The van der Waals surface area contributed by atoms with Gasteiger partial charge in [-0.2, -0.15) is 0 Å². The van der Waals surface area contributed by atoms with E-state index >= 15 is 0 Å². The van der Waals surface area contributed by atoms with E-state index in [9.17, 15) is 4.79 Å². The molecule has 0 radical (unpaired) electrons. The van der Waals surface area contributed by atoms with Gasteiger partial charge in [-0.3, -0.25) is 4.79 Å². The molecular weight excluding hydrogens is 272 g/mol. The Bertz CT molecular complexity index is 470. The number of ether oxygens (including phenoxy) is 1. The minimum absolute atomic E-state index is 0.0263. The van der Waals surface area contributed by atoms with Crippen molar-refractivity contribution in [2.75, 3.05) is 0 Å². The lowest BCUT2D eigenvalue weighted by molar-refractivity contribution is -0.178. The molecule has 4 aliphatic carbocycles. The minimum Gasteiger partial charge on any atom is -0.459 e. The molecule has 2 heteroatoms. The van der Waals surface area contributed by atoms with Gasteiger partial charge in [-0.05, 0) is 74.0 Å². The summed E-state index contributed by atoms with van der Waals surface area (Å²) in [5.41, 5.74) is -0.115. The summed E-state index contributed by atoms with van der Waals surface area (Å²) in [7, 11) is 0. The third kappa shape index (κ3) is 1.88. The van der Waals surface area contributed by atoms with Crippen molar-refractivity contribution in [3.63, 3.8) is 0 Å². The Balaban J connectivity index is 1.55. The van der Waals surface area contributed by atoms with Gasteiger partial charge in [0.15, 0.2) is 0 Å². The van der Waals surface area contributed by atoms with E-state index in [-0.39, 0.29) is 17.5 Å². The largest absolute Gasteiger partial charge is 0.459 e. The standard InChI is InChI=1S/C20H32O2/c1-5-20(22-19(21)12(4)11(2)3)10-15-9-16(20)18-14-7-6-13(8-14)17(15)18/h11-18H,5-10H2,1-4H3. The molecule has 124 valence electrons. The maximum Gasteiger partial charge on any atom is 0.309 e. The summed E-state index contributed by atoms with van der Waals surface area (Å²) in [5.74, 6) is 5.84. The summed E-state index contributed by atoms with van der Waals surface area (Å²) in [6, 6.07) is 0. The number of fused-ring (bicyclic) bond motifs is 9. The number of rotatable bonds is 4. The van der Waals surface area contributed by atoms with Crippen molar-refractivity contribution in [2.45, 2.75) is 71.8 Å². The molecule has 4 bridgehead atoms. The van der Waals surface area contributed by atoms with Gasteiger partial charge in [0.25, 0.3) is 0 Å². The van der Waals surface area contributed by atoms with Crippen molar-refractivity contribution >= 4 is 5.97 Å². The lowest BCUT2D eigenvalue weighted by atomic mass is 9.65. The molecule has 4 saturated carbocycles. The Hall–Kier alpha value is -0.530. The minimum atomic E-state index is -0.115. The van der Waals surface area contributed by atoms with Crippen LogP contribution in [0.25, 0.3) is 0 Å². The second-order valence-electron chi connectivity index (χ2n) is 9.17. The topological polar surface area (TPSA) is 26.3 Å². The second kappa shape index (κ2) is 4.98. The molecule has 0 heterocycles. The molecule has 22 heavy (non-hydrogen) atoms. The van der Waals surface area contributed by atoms with E-state index in [2.05, 4.69) is 20.8 Å². The maximum absolute atomic E-state index is 12.6. The fourth-order valence-electron chi connectivity index (χ4n) is 6.86. The third-order valence-corrected chi connectivity index (χ3v) is 8.17. The average Bonchev–Trinajstić information content (AvgIpc) is 3.23. The molecule has 8 unspecified atom stereocenters. The number of carbonyl (C=O) groups excluding carboxylic acids is 1. The van der Waals surface area contributed by atoms with Crippen LogP contribution in [-0.2, 0) is 9.53 Å². The summed E-state index contributed by atoms with van der Waals surface area (Å²) < 4.78 is 6.28. The molecule has 0 aromatic rings. The first kappa shape index (κ1) is 15.0. The molecular formula is C20H32O2. The highest BCUT2D eigenvalue weighted by atomic mass is 16.6. The predicted molar refractivity (Wildman–Crippen MR) is 87.1 cm³/mol. The molecule has 0 aromatic carbocycles. The highest BCUT2D eigenvalue weighted by molar-refractivity contribution is 5.73. The highest BCUT2D eigenvalue weighted by Crippen LogP contribution is 2.70. The van der Waals surface area contributed by atoms with Crippen molar-refractivity contribution in [3.05, 3.63) is 0 Å².